The quantitative estimate of drug-likeness (QED) is 0.879. The average Bonchev–Trinajstić information content (AvgIpc) is 2.45. The number of nitrogens with zero attached hydrogens (tertiary/aromatic N) is 2. The van der Waals surface area contributed by atoms with Crippen LogP contribution in [0.5, 0.6) is 0 Å². The van der Waals surface area contributed by atoms with Gasteiger partial charge in [0, 0.05) is 17.8 Å². The van der Waals surface area contributed by atoms with Gasteiger partial charge in [0.2, 0.25) is 0 Å². The van der Waals surface area contributed by atoms with E-state index in [-0.39, 0.29) is 0 Å². The Hall–Kier alpha value is -0.770. The van der Waals surface area contributed by atoms with E-state index in [1.807, 2.05) is 11.8 Å². The lowest BCUT2D eigenvalue weighted by Gasteiger charge is -2.22. The largest absolute Gasteiger partial charge is 0.370 e. The molecular weight excluding hydrogens is 254 g/mol. The highest BCUT2D eigenvalue weighted by molar-refractivity contribution is 7.99. The molecule has 19 heavy (non-hydrogen) atoms. The van der Waals surface area contributed by atoms with Crippen molar-refractivity contribution in [2.75, 3.05) is 17.6 Å². The van der Waals surface area contributed by atoms with Gasteiger partial charge in [0.25, 0.3) is 0 Å². The summed E-state index contributed by atoms with van der Waals surface area (Å²) in [5, 5.41) is 3.97. The van der Waals surface area contributed by atoms with Crippen LogP contribution in [-0.4, -0.2) is 22.3 Å². The molecule has 3 nitrogen and oxygen atoms in total. The molecule has 1 N–H and O–H groups in total. The first-order valence-electron chi connectivity index (χ1n) is 7.49. The van der Waals surface area contributed by atoms with Gasteiger partial charge in [-0.1, -0.05) is 20.3 Å². The van der Waals surface area contributed by atoms with E-state index in [2.05, 4.69) is 26.1 Å². The summed E-state index contributed by atoms with van der Waals surface area (Å²) in [5.74, 6) is 3.36. The molecule has 0 spiro atoms. The summed E-state index contributed by atoms with van der Waals surface area (Å²) >= 11 is 2.02. The van der Waals surface area contributed by atoms with Gasteiger partial charge in [0.05, 0.1) is 5.25 Å². The van der Waals surface area contributed by atoms with E-state index >= 15 is 0 Å². The Morgan fingerprint density at radius 1 is 1.26 bits per heavy atom. The van der Waals surface area contributed by atoms with Crippen molar-refractivity contribution in [3.05, 3.63) is 17.1 Å². The van der Waals surface area contributed by atoms with Crippen molar-refractivity contribution < 1.29 is 0 Å². The molecule has 1 saturated heterocycles. The normalized spacial score (nSPS) is 19.4. The van der Waals surface area contributed by atoms with Crippen LogP contribution < -0.4 is 5.32 Å². The highest BCUT2D eigenvalue weighted by Gasteiger charge is 2.21. The highest BCUT2D eigenvalue weighted by Crippen LogP contribution is 2.37. The SMILES string of the molecule is CCCNc1nc(C2CCCCS2)nc(C)c1CC. The fourth-order valence-corrected chi connectivity index (χ4v) is 3.76. The van der Waals surface area contributed by atoms with Crippen molar-refractivity contribution >= 4 is 17.6 Å². The molecule has 4 heteroatoms. The predicted molar refractivity (Wildman–Crippen MR) is 84.0 cm³/mol. The van der Waals surface area contributed by atoms with Gasteiger partial charge < -0.3 is 5.32 Å². The minimum Gasteiger partial charge on any atom is -0.370 e. The first-order valence-corrected chi connectivity index (χ1v) is 8.54. The minimum absolute atomic E-state index is 0.500. The maximum absolute atomic E-state index is 4.82. The zero-order valence-electron chi connectivity index (χ0n) is 12.3. The van der Waals surface area contributed by atoms with Crippen molar-refractivity contribution in [1.29, 1.82) is 0 Å². The van der Waals surface area contributed by atoms with Gasteiger partial charge in [0.15, 0.2) is 0 Å². The second-order valence-electron chi connectivity index (χ2n) is 5.13. The van der Waals surface area contributed by atoms with Gasteiger partial charge in [-0.3, -0.25) is 0 Å². The minimum atomic E-state index is 0.500. The molecular formula is C15H25N3S. The van der Waals surface area contributed by atoms with Gasteiger partial charge >= 0.3 is 0 Å². The van der Waals surface area contributed by atoms with E-state index in [9.17, 15) is 0 Å². The van der Waals surface area contributed by atoms with E-state index < -0.39 is 0 Å². The van der Waals surface area contributed by atoms with Gasteiger partial charge in [-0.05, 0) is 38.4 Å². The molecule has 1 atom stereocenters. The van der Waals surface area contributed by atoms with Crippen molar-refractivity contribution in [3.8, 4) is 0 Å². The standard InChI is InChI=1S/C15H25N3S/c1-4-9-16-14-12(5-2)11(3)17-15(18-14)13-8-6-7-10-19-13/h13H,4-10H2,1-3H3,(H,16,17,18). The van der Waals surface area contributed by atoms with E-state index in [1.54, 1.807) is 0 Å². The van der Waals surface area contributed by atoms with Crippen LogP contribution in [0, 0.1) is 6.92 Å². The summed E-state index contributed by atoms with van der Waals surface area (Å²) < 4.78 is 0. The van der Waals surface area contributed by atoms with Crippen molar-refractivity contribution in [2.24, 2.45) is 0 Å². The molecule has 0 radical (unpaired) electrons. The molecule has 106 valence electrons. The lowest BCUT2D eigenvalue weighted by Crippen LogP contribution is -2.13. The number of nitrogens with one attached hydrogen (secondary N) is 1. The summed E-state index contributed by atoms with van der Waals surface area (Å²) in [6, 6.07) is 0. The van der Waals surface area contributed by atoms with Gasteiger partial charge in [-0.15, -0.1) is 0 Å². The van der Waals surface area contributed by atoms with Crippen LogP contribution in [0.1, 0.15) is 61.9 Å². The summed E-state index contributed by atoms with van der Waals surface area (Å²) in [5.41, 5.74) is 2.43. The van der Waals surface area contributed by atoms with Crippen molar-refractivity contribution in [3.63, 3.8) is 0 Å². The molecule has 0 aliphatic carbocycles. The predicted octanol–water partition coefficient (Wildman–Crippen LogP) is 4.13. The number of thioether (sulfide) groups is 1. The monoisotopic (exact) mass is 279 g/mol. The highest BCUT2D eigenvalue weighted by atomic mass is 32.2. The molecule has 2 heterocycles. The summed E-state index contributed by atoms with van der Waals surface area (Å²) in [6.45, 7) is 7.47. The number of rotatable bonds is 5. The Labute approximate surface area is 121 Å². The van der Waals surface area contributed by atoms with E-state index in [0.717, 1.165) is 36.7 Å². The number of aromatic nitrogens is 2. The second kappa shape index (κ2) is 7.13. The number of aryl methyl sites for hydroxylation is 1. The molecule has 1 unspecified atom stereocenters. The zero-order valence-corrected chi connectivity index (χ0v) is 13.1. The van der Waals surface area contributed by atoms with Crippen molar-refractivity contribution in [2.45, 2.75) is 58.1 Å². The fraction of sp³-hybridized carbons (Fsp3) is 0.733. The molecule has 0 bridgehead atoms. The third-order valence-corrected chi connectivity index (χ3v) is 4.97. The zero-order chi connectivity index (χ0) is 13.7. The summed E-state index contributed by atoms with van der Waals surface area (Å²) in [4.78, 5) is 9.59. The van der Waals surface area contributed by atoms with Crippen LogP contribution in [-0.2, 0) is 6.42 Å². The fourth-order valence-electron chi connectivity index (χ4n) is 2.52. The molecule has 1 aromatic rings. The first-order chi connectivity index (χ1) is 9.26. The van der Waals surface area contributed by atoms with Gasteiger partial charge in [-0.25, -0.2) is 9.97 Å². The van der Waals surface area contributed by atoms with Crippen molar-refractivity contribution in [1.82, 2.24) is 9.97 Å². The van der Waals surface area contributed by atoms with E-state index in [1.165, 1.54) is 30.6 Å². The number of hydrogen-bond acceptors (Lipinski definition) is 4. The number of hydrogen-bond donors (Lipinski definition) is 1. The first kappa shape index (κ1) is 14.6. The molecule has 0 aromatic carbocycles. The number of anilines is 1. The van der Waals surface area contributed by atoms with Crippen LogP contribution >= 0.6 is 11.8 Å². The van der Waals surface area contributed by atoms with E-state index in [4.69, 9.17) is 9.97 Å². The Morgan fingerprint density at radius 3 is 2.74 bits per heavy atom. The molecule has 2 rings (SSSR count). The van der Waals surface area contributed by atoms with Crippen LogP contribution in [0.15, 0.2) is 0 Å². The smallest absolute Gasteiger partial charge is 0.143 e. The Balaban J connectivity index is 2.26. The Bertz CT molecular complexity index is 414. The second-order valence-corrected chi connectivity index (χ2v) is 6.44. The van der Waals surface area contributed by atoms with Crippen LogP contribution in [0.3, 0.4) is 0 Å². The summed E-state index contributed by atoms with van der Waals surface area (Å²) in [7, 11) is 0. The topological polar surface area (TPSA) is 37.8 Å². The maximum Gasteiger partial charge on any atom is 0.143 e. The van der Waals surface area contributed by atoms with Gasteiger partial charge in [-0.2, -0.15) is 11.8 Å². The summed E-state index contributed by atoms with van der Waals surface area (Å²) in [6.07, 6.45) is 6.00. The molecule has 1 aliphatic heterocycles. The average molecular weight is 279 g/mol. The lowest BCUT2D eigenvalue weighted by molar-refractivity contribution is 0.659. The Morgan fingerprint density at radius 2 is 2.11 bits per heavy atom. The molecule has 1 fully saturated rings. The molecule has 0 saturated carbocycles. The third-order valence-electron chi connectivity index (χ3n) is 3.59. The molecule has 0 amide bonds. The maximum atomic E-state index is 4.82. The molecule has 1 aromatic heterocycles. The van der Waals surface area contributed by atoms with Crippen LogP contribution in [0.4, 0.5) is 5.82 Å². The lowest BCUT2D eigenvalue weighted by atomic mass is 10.1. The Kier molecular flexibility index (Phi) is 5.49. The molecule has 1 aliphatic rings. The van der Waals surface area contributed by atoms with Gasteiger partial charge in [0.1, 0.15) is 11.6 Å². The third kappa shape index (κ3) is 3.62. The van der Waals surface area contributed by atoms with Crippen LogP contribution in [0.2, 0.25) is 0 Å². The van der Waals surface area contributed by atoms with E-state index in [0.29, 0.717) is 5.25 Å². The van der Waals surface area contributed by atoms with Crippen LogP contribution in [0.25, 0.3) is 0 Å².